The van der Waals surface area contributed by atoms with Crippen molar-refractivity contribution in [1.82, 2.24) is 15.3 Å². The lowest BCUT2D eigenvalue weighted by molar-refractivity contribution is -0.128. The van der Waals surface area contributed by atoms with Gasteiger partial charge < -0.3 is 20.4 Å². The summed E-state index contributed by atoms with van der Waals surface area (Å²) in [7, 11) is 0. The van der Waals surface area contributed by atoms with E-state index in [0.29, 0.717) is 38.3 Å². The molecule has 1 atom stereocenters. The van der Waals surface area contributed by atoms with Crippen LogP contribution in [-0.4, -0.2) is 56.9 Å². The number of carbonyl (C=O) groups excluding carboxylic acids is 1. The smallest absolute Gasteiger partial charge is 0.225 e. The minimum absolute atomic E-state index is 0.120. The van der Waals surface area contributed by atoms with Crippen LogP contribution in [0.15, 0.2) is 18.5 Å². The fourth-order valence-corrected chi connectivity index (χ4v) is 3.64. The molecule has 3 rings (SSSR count). The predicted octanol–water partition coefficient (Wildman–Crippen LogP) is 0.619. The van der Waals surface area contributed by atoms with Crippen molar-refractivity contribution in [2.24, 2.45) is 0 Å². The van der Waals surface area contributed by atoms with E-state index in [1.54, 1.807) is 18.5 Å². The van der Waals surface area contributed by atoms with Gasteiger partial charge in [0.25, 0.3) is 0 Å². The van der Waals surface area contributed by atoms with E-state index >= 15 is 0 Å². The lowest BCUT2D eigenvalue weighted by Gasteiger charge is -2.32. The normalized spacial score (nSPS) is 26.3. The van der Waals surface area contributed by atoms with E-state index in [-0.39, 0.29) is 18.9 Å². The molecule has 2 heterocycles. The molecule has 132 valence electrons. The summed E-state index contributed by atoms with van der Waals surface area (Å²) in [6.07, 6.45) is 8.46. The molecule has 1 unspecified atom stereocenters. The minimum Gasteiger partial charge on any atom is -0.389 e. The Kier molecular flexibility index (Phi) is 5.01. The number of rotatable bonds is 5. The molecule has 1 aromatic rings. The number of amides is 1. The van der Waals surface area contributed by atoms with Gasteiger partial charge in [-0.15, -0.1) is 0 Å². The maximum absolute atomic E-state index is 12.1. The average Bonchev–Trinajstić information content (AvgIpc) is 2.97. The summed E-state index contributed by atoms with van der Waals surface area (Å²) in [6.45, 7) is 1.23. The number of aromatic nitrogens is 2. The minimum atomic E-state index is -0.982. The van der Waals surface area contributed by atoms with Gasteiger partial charge >= 0.3 is 0 Å². The molecule has 3 N–H and O–H groups in total. The molecule has 1 aliphatic heterocycles. The fraction of sp³-hybridized carbons (Fsp3) is 0.706. The molecule has 2 aliphatic rings. The molecule has 2 fully saturated rings. The Bertz CT molecular complexity index is 562. The second-order valence-electron chi connectivity index (χ2n) is 7.18. The summed E-state index contributed by atoms with van der Waals surface area (Å²) >= 11 is 0. The Morgan fingerprint density at radius 2 is 1.83 bits per heavy atom. The molecule has 7 nitrogen and oxygen atoms in total. The number of aliphatic hydroxyl groups is 2. The van der Waals surface area contributed by atoms with Crippen molar-refractivity contribution in [1.29, 1.82) is 0 Å². The van der Waals surface area contributed by atoms with Crippen molar-refractivity contribution in [3.8, 4) is 0 Å². The molecule has 0 bridgehead atoms. The first-order chi connectivity index (χ1) is 11.5. The molecule has 24 heavy (non-hydrogen) atoms. The highest BCUT2D eigenvalue weighted by molar-refractivity contribution is 5.77. The Hall–Kier alpha value is -1.73. The largest absolute Gasteiger partial charge is 0.389 e. The van der Waals surface area contributed by atoms with Crippen molar-refractivity contribution in [3.05, 3.63) is 18.5 Å². The molecule has 0 aromatic carbocycles. The van der Waals surface area contributed by atoms with Crippen molar-refractivity contribution < 1.29 is 15.0 Å². The molecule has 1 saturated heterocycles. The molecule has 1 amide bonds. The van der Waals surface area contributed by atoms with Gasteiger partial charge in [-0.3, -0.25) is 4.79 Å². The van der Waals surface area contributed by atoms with Crippen molar-refractivity contribution >= 4 is 11.9 Å². The number of hydrogen-bond acceptors (Lipinski definition) is 6. The van der Waals surface area contributed by atoms with Crippen LogP contribution in [0.3, 0.4) is 0 Å². The maximum atomic E-state index is 12.1. The topological polar surface area (TPSA) is 98.6 Å². The van der Waals surface area contributed by atoms with Gasteiger partial charge in [-0.2, -0.15) is 0 Å². The Morgan fingerprint density at radius 3 is 2.54 bits per heavy atom. The van der Waals surface area contributed by atoms with Crippen LogP contribution in [0.1, 0.15) is 44.9 Å². The van der Waals surface area contributed by atoms with Crippen LogP contribution in [0.4, 0.5) is 5.95 Å². The molecular weight excluding hydrogens is 308 g/mol. The second-order valence-corrected chi connectivity index (χ2v) is 7.18. The Labute approximate surface area is 142 Å². The van der Waals surface area contributed by atoms with Gasteiger partial charge in [-0.25, -0.2) is 9.97 Å². The van der Waals surface area contributed by atoms with Crippen LogP contribution in [0.2, 0.25) is 0 Å². The number of anilines is 1. The zero-order chi connectivity index (χ0) is 17.0. The van der Waals surface area contributed by atoms with Crippen molar-refractivity contribution in [2.75, 3.05) is 24.5 Å². The second kappa shape index (κ2) is 7.03. The first-order valence-corrected chi connectivity index (χ1v) is 8.72. The first kappa shape index (κ1) is 17.1. The third-order valence-electron chi connectivity index (χ3n) is 5.06. The van der Waals surface area contributed by atoms with Gasteiger partial charge in [0.15, 0.2) is 0 Å². The maximum Gasteiger partial charge on any atom is 0.225 e. The summed E-state index contributed by atoms with van der Waals surface area (Å²) < 4.78 is 0. The van der Waals surface area contributed by atoms with Crippen LogP contribution >= 0.6 is 0 Å². The molecule has 0 spiro atoms. The van der Waals surface area contributed by atoms with Crippen LogP contribution in [-0.2, 0) is 4.79 Å². The van der Waals surface area contributed by atoms with E-state index < -0.39 is 11.2 Å². The van der Waals surface area contributed by atoms with Gasteiger partial charge in [-0.05, 0) is 25.3 Å². The quantitative estimate of drug-likeness (QED) is 0.730. The van der Waals surface area contributed by atoms with Crippen LogP contribution in [0.25, 0.3) is 0 Å². The summed E-state index contributed by atoms with van der Waals surface area (Å²) in [5.74, 6) is 0.401. The van der Waals surface area contributed by atoms with E-state index in [0.717, 1.165) is 19.3 Å². The molecule has 1 saturated carbocycles. The molecular formula is C17H26N4O3. The summed E-state index contributed by atoms with van der Waals surface area (Å²) in [6, 6.07) is 1.75. The van der Waals surface area contributed by atoms with Crippen molar-refractivity contribution in [3.63, 3.8) is 0 Å². The van der Waals surface area contributed by atoms with Gasteiger partial charge in [0.05, 0.1) is 18.6 Å². The van der Waals surface area contributed by atoms with Gasteiger partial charge in [0.1, 0.15) is 5.60 Å². The standard InChI is InChI=1S/C17H26N4O3/c22-14(11-16(23)5-2-1-3-6-16)20-12-17(24)7-10-21(13-17)15-18-8-4-9-19-15/h4,8-9,23-24H,1-3,5-7,10-13H2,(H,20,22). The highest BCUT2D eigenvalue weighted by Gasteiger charge is 2.38. The predicted molar refractivity (Wildman–Crippen MR) is 89.5 cm³/mol. The third kappa shape index (κ3) is 4.21. The summed E-state index contributed by atoms with van der Waals surface area (Å²) in [5.41, 5.74) is -1.85. The number of nitrogens with zero attached hydrogens (tertiary/aromatic N) is 3. The van der Waals surface area contributed by atoms with Crippen LogP contribution in [0, 0.1) is 0 Å². The van der Waals surface area contributed by atoms with Gasteiger partial charge in [0.2, 0.25) is 11.9 Å². The SMILES string of the molecule is O=C(CC1(O)CCCCC1)NCC1(O)CCN(c2ncccn2)C1. The molecule has 0 radical (unpaired) electrons. The van der Waals surface area contributed by atoms with Gasteiger partial charge in [0, 0.05) is 25.5 Å². The first-order valence-electron chi connectivity index (χ1n) is 8.72. The summed E-state index contributed by atoms with van der Waals surface area (Å²) in [4.78, 5) is 22.4. The fourth-order valence-electron chi connectivity index (χ4n) is 3.64. The Morgan fingerprint density at radius 1 is 1.12 bits per heavy atom. The van der Waals surface area contributed by atoms with E-state index in [2.05, 4.69) is 15.3 Å². The Balaban J connectivity index is 1.48. The zero-order valence-electron chi connectivity index (χ0n) is 13.9. The molecule has 7 heteroatoms. The number of nitrogens with one attached hydrogen (secondary N) is 1. The number of carbonyl (C=O) groups is 1. The van der Waals surface area contributed by atoms with E-state index in [1.165, 1.54) is 0 Å². The molecule has 1 aromatic heterocycles. The van der Waals surface area contributed by atoms with E-state index in [9.17, 15) is 15.0 Å². The van der Waals surface area contributed by atoms with Crippen molar-refractivity contribution in [2.45, 2.75) is 56.1 Å². The zero-order valence-corrected chi connectivity index (χ0v) is 13.9. The van der Waals surface area contributed by atoms with E-state index in [4.69, 9.17) is 0 Å². The average molecular weight is 334 g/mol. The molecule has 1 aliphatic carbocycles. The number of β-amino-alcohol motifs (C(OH)–C–C–N with tert-alkyl or cyclic N) is 1. The summed E-state index contributed by atoms with van der Waals surface area (Å²) in [5, 5.41) is 23.9. The number of hydrogen-bond donors (Lipinski definition) is 3. The van der Waals surface area contributed by atoms with Crippen LogP contribution < -0.4 is 10.2 Å². The third-order valence-corrected chi connectivity index (χ3v) is 5.06. The highest BCUT2D eigenvalue weighted by Crippen LogP contribution is 2.31. The lowest BCUT2D eigenvalue weighted by atomic mass is 9.82. The highest BCUT2D eigenvalue weighted by atomic mass is 16.3. The van der Waals surface area contributed by atoms with Gasteiger partial charge in [-0.1, -0.05) is 19.3 Å². The van der Waals surface area contributed by atoms with Crippen LogP contribution in [0.5, 0.6) is 0 Å². The monoisotopic (exact) mass is 334 g/mol. The lowest BCUT2D eigenvalue weighted by Crippen LogP contribution is -2.47. The van der Waals surface area contributed by atoms with E-state index in [1.807, 2.05) is 4.90 Å².